The Bertz CT molecular complexity index is 454. The van der Waals surface area contributed by atoms with Gasteiger partial charge in [0.25, 0.3) is 0 Å². The number of pyridine rings is 1. The first-order chi connectivity index (χ1) is 7.27. The Balaban J connectivity index is 2.29. The van der Waals surface area contributed by atoms with Crippen LogP contribution in [-0.4, -0.2) is 4.98 Å². The number of rotatable bonds is 2. The molecule has 1 heterocycles. The standard InChI is InChI=1S/C12H11FN2/c13-11-5-1-4-10(12(11)14)7-9-3-2-6-15-8-9/h1-6,8H,7,14H2. The Morgan fingerprint density at radius 2 is 2.07 bits per heavy atom. The predicted octanol–water partition coefficient (Wildman–Crippen LogP) is 2.39. The molecule has 2 nitrogen and oxygen atoms in total. The smallest absolute Gasteiger partial charge is 0.146 e. The number of anilines is 1. The summed E-state index contributed by atoms with van der Waals surface area (Å²) in [6.45, 7) is 0. The fourth-order valence-electron chi connectivity index (χ4n) is 1.46. The Labute approximate surface area is 87.6 Å². The van der Waals surface area contributed by atoms with Crippen molar-refractivity contribution in [1.29, 1.82) is 0 Å². The summed E-state index contributed by atoms with van der Waals surface area (Å²) in [6, 6.07) is 8.65. The second-order valence-electron chi connectivity index (χ2n) is 3.35. The molecule has 3 heteroatoms. The van der Waals surface area contributed by atoms with Crippen molar-refractivity contribution in [2.24, 2.45) is 0 Å². The van der Waals surface area contributed by atoms with Gasteiger partial charge in [-0.15, -0.1) is 0 Å². The Hall–Kier alpha value is -1.90. The number of aromatic nitrogens is 1. The maximum absolute atomic E-state index is 13.1. The summed E-state index contributed by atoms with van der Waals surface area (Å²) in [4.78, 5) is 4.00. The molecular weight excluding hydrogens is 191 g/mol. The van der Waals surface area contributed by atoms with Gasteiger partial charge >= 0.3 is 0 Å². The number of nitrogens with two attached hydrogens (primary N) is 1. The van der Waals surface area contributed by atoms with Crippen molar-refractivity contribution >= 4 is 5.69 Å². The molecule has 2 aromatic rings. The molecular formula is C12H11FN2. The third kappa shape index (κ3) is 2.13. The van der Waals surface area contributed by atoms with Gasteiger partial charge in [-0.1, -0.05) is 18.2 Å². The first-order valence-electron chi connectivity index (χ1n) is 4.69. The van der Waals surface area contributed by atoms with Gasteiger partial charge in [-0.05, 0) is 23.3 Å². The van der Waals surface area contributed by atoms with E-state index in [4.69, 9.17) is 5.73 Å². The van der Waals surface area contributed by atoms with E-state index in [1.54, 1.807) is 18.5 Å². The highest BCUT2D eigenvalue weighted by molar-refractivity contribution is 5.49. The van der Waals surface area contributed by atoms with Crippen LogP contribution in [-0.2, 0) is 6.42 Å². The zero-order valence-corrected chi connectivity index (χ0v) is 8.15. The topological polar surface area (TPSA) is 38.9 Å². The van der Waals surface area contributed by atoms with Gasteiger partial charge < -0.3 is 5.73 Å². The number of nitrogen functional groups attached to an aromatic ring is 1. The summed E-state index contributed by atoms with van der Waals surface area (Å²) in [5.74, 6) is -0.364. The average molecular weight is 202 g/mol. The van der Waals surface area contributed by atoms with E-state index in [0.29, 0.717) is 6.42 Å². The Morgan fingerprint density at radius 3 is 2.80 bits per heavy atom. The van der Waals surface area contributed by atoms with Crippen LogP contribution < -0.4 is 5.73 Å². The summed E-state index contributed by atoms with van der Waals surface area (Å²) < 4.78 is 13.1. The number of halogens is 1. The van der Waals surface area contributed by atoms with Crippen LogP contribution in [0, 0.1) is 5.82 Å². The van der Waals surface area contributed by atoms with Gasteiger partial charge in [0.2, 0.25) is 0 Å². The van der Waals surface area contributed by atoms with Gasteiger partial charge in [0.15, 0.2) is 0 Å². The zero-order valence-electron chi connectivity index (χ0n) is 8.15. The minimum absolute atomic E-state index is 0.223. The van der Waals surface area contributed by atoms with Crippen molar-refractivity contribution in [1.82, 2.24) is 4.98 Å². The van der Waals surface area contributed by atoms with E-state index in [-0.39, 0.29) is 11.5 Å². The molecule has 0 aliphatic carbocycles. The van der Waals surface area contributed by atoms with Gasteiger partial charge in [-0.2, -0.15) is 0 Å². The predicted molar refractivity (Wildman–Crippen MR) is 57.9 cm³/mol. The first-order valence-corrected chi connectivity index (χ1v) is 4.69. The third-order valence-corrected chi connectivity index (χ3v) is 2.26. The molecule has 0 amide bonds. The molecule has 0 aliphatic heterocycles. The maximum Gasteiger partial charge on any atom is 0.146 e. The fourth-order valence-corrected chi connectivity index (χ4v) is 1.46. The van der Waals surface area contributed by atoms with Crippen molar-refractivity contribution < 1.29 is 4.39 Å². The summed E-state index contributed by atoms with van der Waals surface area (Å²) >= 11 is 0. The van der Waals surface area contributed by atoms with Crippen LogP contribution in [0.1, 0.15) is 11.1 Å². The van der Waals surface area contributed by atoms with Crippen LogP contribution in [0.3, 0.4) is 0 Å². The van der Waals surface area contributed by atoms with Gasteiger partial charge in [0.05, 0.1) is 5.69 Å². The summed E-state index contributed by atoms with van der Waals surface area (Å²) in [5.41, 5.74) is 7.68. The van der Waals surface area contributed by atoms with Crippen LogP contribution >= 0.6 is 0 Å². The lowest BCUT2D eigenvalue weighted by atomic mass is 10.0. The fraction of sp³-hybridized carbons (Fsp3) is 0.0833. The molecule has 0 spiro atoms. The van der Waals surface area contributed by atoms with E-state index in [1.807, 2.05) is 18.2 Å². The van der Waals surface area contributed by atoms with Gasteiger partial charge in [0, 0.05) is 18.8 Å². The average Bonchev–Trinajstić information content (AvgIpc) is 2.26. The monoisotopic (exact) mass is 202 g/mol. The van der Waals surface area contributed by atoms with Crippen molar-refractivity contribution in [2.45, 2.75) is 6.42 Å². The SMILES string of the molecule is Nc1c(F)cccc1Cc1cccnc1. The largest absolute Gasteiger partial charge is 0.396 e. The number of nitrogens with zero attached hydrogens (tertiary/aromatic N) is 1. The molecule has 0 saturated carbocycles. The van der Waals surface area contributed by atoms with Crippen LogP contribution in [0.25, 0.3) is 0 Å². The lowest BCUT2D eigenvalue weighted by Crippen LogP contribution is -1.98. The molecule has 0 unspecified atom stereocenters. The van der Waals surface area contributed by atoms with Crippen LogP contribution in [0.4, 0.5) is 10.1 Å². The van der Waals surface area contributed by atoms with Crippen molar-refractivity contribution in [2.75, 3.05) is 5.73 Å². The molecule has 0 radical (unpaired) electrons. The highest BCUT2D eigenvalue weighted by atomic mass is 19.1. The van der Waals surface area contributed by atoms with E-state index >= 15 is 0 Å². The van der Waals surface area contributed by atoms with Crippen LogP contribution in [0.5, 0.6) is 0 Å². The van der Waals surface area contributed by atoms with Gasteiger partial charge in [-0.3, -0.25) is 4.98 Å². The third-order valence-electron chi connectivity index (χ3n) is 2.26. The number of hydrogen-bond donors (Lipinski definition) is 1. The first kappa shape index (κ1) is 9.65. The highest BCUT2D eigenvalue weighted by Crippen LogP contribution is 2.18. The summed E-state index contributed by atoms with van der Waals surface area (Å²) in [5, 5.41) is 0. The molecule has 0 saturated heterocycles. The molecule has 2 rings (SSSR count). The zero-order chi connectivity index (χ0) is 10.7. The lowest BCUT2D eigenvalue weighted by molar-refractivity contribution is 0.631. The van der Waals surface area contributed by atoms with Gasteiger partial charge in [0.1, 0.15) is 5.82 Å². The van der Waals surface area contributed by atoms with Crippen molar-refractivity contribution in [3.05, 3.63) is 59.7 Å². The van der Waals surface area contributed by atoms with Gasteiger partial charge in [-0.25, -0.2) is 4.39 Å². The Morgan fingerprint density at radius 1 is 1.20 bits per heavy atom. The maximum atomic E-state index is 13.1. The Kier molecular flexibility index (Phi) is 2.63. The van der Waals surface area contributed by atoms with Crippen molar-refractivity contribution in [3.63, 3.8) is 0 Å². The van der Waals surface area contributed by atoms with Crippen LogP contribution in [0.15, 0.2) is 42.7 Å². The number of hydrogen-bond acceptors (Lipinski definition) is 2. The van der Waals surface area contributed by atoms with Crippen LogP contribution in [0.2, 0.25) is 0 Å². The molecule has 0 bridgehead atoms. The van der Waals surface area contributed by atoms with E-state index < -0.39 is 0 Å². The van der Waals surface area contributed by atoms with E-state index in [9.17, 15) is 4.39 Å². The minimum Gasteiger partial charge on any atom is -0.396 e. The van der Waals surface area contributed by atoms with E-state index in [1.165, 1.54) is 6.07 Å². The molecule has 1 aromatic heterocycles. The molecule has 2 N–H and O–H groups in total. The summed E-state index contributed by atoms with van der Waals surface area (Å²) in [6.07, 6.45) is 4.07. The highest BCUT2D eigenvalue weighted by Gasteiger charge is 2.04. The normalized spacial score (nSPS) is 10.2. The molecule has 76 valence electrons. The second kappa shape index (κ2) is 4.09. The molecule has 1 aromatic carbocycles. The van der Waals surface area contributed by atoms with E-state index in [2.05, 4.69) is 4.98 Å². The minimum atomic E-state index is -0.364. The quantitative estimate of drug-likeness (QED) is 0.759. The second-order valence-corrected chi connectivity index (χ2v) is 3.35. The molecule has 0 atom stereocenters. The van der Waals surface area contributed by atoms with Crippen molar-refractivity contribution in [3.8, 4) is 0 Å². The molecule has 0 fully saturated rings. The number of para-hydroxylation sites is 1. The summed E-state index contributed by atoms with van der Waals surface area (Å²) in [7, 11) is 0. The lowest BCUT2D eigenvalue weighted by Gasteiger charge is -2.05. The molecule has 0 aliphatic rings. The van der Waals surface area contributed by atoms with E-state index in [0.717, 1.165) is 11.1 Å². The molecule has 15 heavy (non-hydrogen) atoms. The number of benzene rings is 1.